The molecular formula is C26H35N2O8P. The Morgan fingerprint density at radius 2 is 1.73 bits per heavy atom. The SMILES string of the molecule is COc1cc(CNC(=O)CCCC/C=C/C(C)C)ccc1OC(=O)OCc1ccc(NP(=O)(O)O)cc1. The van der Waals surface area contributed by atoms with Gasteiger partial charge in [0.15, 0.2) is 11.5 Å². The van der Waals surface area contributed by atoms with Gasteiger partial charge in [-0.15, -0.1) is 0 Å². The molecule has 0 spiro atoms. The van der Waals surface area contributed by atoms with E-state index in [0.717, 1.165) is 24.8 Å². The molecule has 0 aliphatic heterocycles. The van der Waals surface area contributed by atoms with Gasteiger partial charge in [-0.1, -0.05) is 44.2 Å². The van der Waals surface area contributed by atoms with Gasteiger partial charge in [0.2, 0.25) is 5.91 Å². The second kappa shape index (κ2) is 15.0. The lowest BCUT2D eigenvalue weighted by molar-refractivity contribution is -0.121. The molecule has 0 radical (unpaired) electrons. The summed E-state index contributed by atoms with van der Waals surface area (Å²) in [5.74, 6) is 0.989. The Balaban J connectivity index is 1.78. The summed E-state index contributed by atoms with van der Waals surface area (Å²) in [5, 5.41) is 4.93. The summed E-state index contributed by atoms with van der Waals surface area (Å²) in [5.41, 5.74) is 1.61. The highest BCUT2D eigenvalue weighted by Crippen LogP contribution is 2.35. The van der Waals surface area contributed by atoms with Gasteiger partial charge < -0.3 is 29.3 Å². The van der Waals surface area contributed by atoms with Crippen LogP contribution < -0.4 is 19.9 Å². The summed E-state index contributed by atoms with van der Waals surface area (Å²) >= 11 is 0. The minimum Gasteiger partial charge on any atom is -0.493 e. The minimum atomic E-state index is -4.39. The third kappa shape index (κ3) is 12.5. The Morgan fingerprint density at radius 1 is 1.03 bits per heavy atom. The molecule has 0 aromatic heterocycles. The van der Waals surface area contributed by atoms with Crippen LogP contribution in [0.3, 0.4) is 0 Å². The zero-order valence-corrected chi connectivity index (χ0v) is 22.2. The van der Waals surface area contributed by atoms with Crippen LogP contribution in [0.25, 0.3) is 0 Å². The Bertz CT molecular complexity index is 1100. The molecule has 0 unspecified atom stereocenters. The van der Waals surface area contributed by atoms with E-state index in [1.54, 1.807) is 30.3 Å². The zero-order valence-electron chi connectivity index (χ0n) is 21.3. The fourth-order valence-corrected chi connectivity index (χ4v) is 3.70. The Morgan fingerprint density at radius 3 is 2.38 bits per heavy atom. The predicted octanol–water partition coefficient (Wildman–Crippen LogP) is 5.30. The first-order valence-corrected chi connectivity index (χ1v) is 13.5. The molecule has 37 heavy (non-hydrogen) atoms. The first-order valence-electron chi connectivity index (χ1n) is 11.9. The topological polar surface area (TPSA) is 143 Å². The molecule has 0 saturated carbocycles. The van der Waals surface area contributed by atoms with Crippen LogP contribution in [0, 0.1) is 5.92 Å². The average Bonchev–Trinajstić information content (AvgIpc) is 2.84. The Hall–Kier alpha value is -3.33. The fraction of sp³-hybridized carbons (Fsp3) is 0.385. The van der Waals surface area contributed by atoms with Crippen molar-refractivity contribution in [3.8, 4) is 11.5 Å². The molecule has 10 nitrogen and oxygen atoms in total. The second-order valence-electron chi connectivity index (χ2n) is 8.67. The maximum absolute atomic E-state index is 12.1. The standard InChI is InChI=1S/C26H35N2O8P/c1-19(2)8-6-4-5-7-9-25(29)27-17-21-12-15-23(24(16-21)34-3)36-26(30)35-18-20-10-13-22(14-11-20)28-37(31,32)33/h6,8,10-16,19H,4-5,7,9,17-18H2,1-3H3,(H,27,29)(H3,28,31,32,33)/b8-6+. The predicted molar refractivity (Wildman–Crippen MR) is 140 cm³/mol. The van der Waals surface area contributed by atoms with Crippen molar-refractivity contribution in [1.29, 1.82) is 0 Å². The van der Waals surface area contributed by atoms with Crippen LogP contribution >= 0.6 is 7.75 Å². The highest BCUT2D eigenvalue weighted by Gasteiger charge is 2.14. The molecule has 0 aliphatic rings. The van der Waals surface area contributed by atoms with Gasteiger partial charge in [-0.3, -0.25) is 9.88 Å². The first kappa shape index (κ1) is 29.9. The highest BCUT2D eigenvalue weighted by atomic mass is 31.2. The van der Waals surface area contributed by atoms with Crippen molar-refractivity contribution in [2.75, 3.05) is 12.2 Å². The molecule has 0 saturated heterocycles. The summed E-state index contributed by atoms with van der Waals surface area (Å²) in [6, 6.07) is 11.0. The van der Waals surface area contributed by atoms with Crippen LogP contribution in [0.2, 0.25) is 0 Å². The molecule has 1 amide bonds. The third-order valence-corrected chi connectivity index (χ3v) is 5.59. The monoisotopic (exact) mass is 534 g/mol. The smallest absolute Gasteiger partial charge is 0.493 e. The van der Waals surface area contributed by atoms with Gasteiger partial charge in [-0.2, -0.15) is 0 Å². The molecule has 2 rings (SSSR count). The van der Waals surface area contributed by atoms with E-state index < -0.39 is 13.9 Å². The summed E-state index contributed by atoms with van der Waals surface area (Å²) in [4.78, 5) is 42.1. The van der Waals surface area contributed by atoms with Gasteiger partial charge in [0, 0.05) is 18.7 Å². The molecule has 0 bridgehead atoms. The number of hydrogen-bond donors (Lipinski definition) is 4. The van der Waals surface area contributed by atoms with Crippen molar-refractivity contribution >= 4 is 25.5 Å². The second-order valence-corrected chi connectivity index (χ2v) is 9.99. The van der Waals surface area contributed by atoms with E-state index >= 15 is 0 Å². The van der Waals surface area contributed by atoms with Gasteiger partial charge in [0.25, 0.3) is 0 Å². The lowest BCUT2D eigenvalue weighted by Gasteiger charge is -2.12. The van der Waals surface area contributed by atoms with Crippen molar-refractivity contribution in [1.82, 2.24) is 5.32 Å². The third-order valence-electron chi connectivity index (χ3n) is 5.04. The van der Waals surface area contributed by atoms with Crippen LogP contribution in [0.5, 0.6) is 11.5 Å². The van der Waals surface area contributed by atoms with Crippen LogP contribution in [-0.4, -0.2) is 29.0 Å². The Kier molecular flexibility index (Phi) is 12.2. The van der Waals surface area contributed by atoms with E-state index in [1.807, 2.05) is 0 Å². The molecule has 11 heteroatoms. The number of ether oxygens (including phenoxy) is 3. The average molecular weight is 535 g/mol. The molecule has 0 fully saturated rings. The van der Waals surface area contributed by atoms with Gasteiger partial charge in [0.1, 0.15) is 6.61 Å². The van der Waals surface area contributed by atoms with Gasteiger partial charge in [-0.25, -0.2) is 9.36 Å². The van der Waals surface area contributed by atoms with Crippen molar-refractivity contribution in [3.63, 3.8) is 0 Å². The van der Waals surface area contributed by atoms with Crippen molar-refractivity contribution in [3.05, 3.63) is 65.7 Å². The lowest BCUT2D eigenvalue weighted by atomic mass is 10.1. The number of amides is 1. The van der Waals surface area contributed by atoms with Crippen LogP contribution in [0.4, 0.5) is 10.5 Å². The van der Waals surface area contributed by atoms with Crippen LogP contribution in [-0.2, 0) is 27.2 Å². The van der Waals surface area contributed by atoms with Gasteiger partial charge >= 0.3 is 13.9 Å². The highest BCUT2D eigenvalue weighted by molar-refractivity contribution is 7.53. The largest absolute Gasteiger partial charge is 0.514 e. The maximum Gasteiger partial charge on any atom is 0.514 e. The number of hydrogen-bond acceptors (Lipinski definition) is 6. The van der Waals surface area contributed by atoms with Gasteiger partial charge in [0.05, 0.1) is 7.11 Å². The number of allylic oxidation sites excluding steroid dienone is 2. The van der Waals surface area contributed by atoms with E-state index in [-0.39, 0.29) is 24.0 Å². The van der Waals surface area contributed by atoms with E-state index in [9.17, 15) is 14.2 Å². The number of unbranched alkanes of at least 4 members (excludes halogenated alkanes) is 2. The van der Waals surface area contributed by atoms with E-state index in [1.165, 1.54) is 19.2 Å². The summed E-state index contributed by atoms with van der Waals surface area (Å²) in [7, 11) is -2.95. The van der Waals surface area contributed by atoms with Gasteiger partial charge in [-0.05, 0) is 60.6 Å². The Labute approximate surface area is 217 Å². The summed E-state index contributed by atoms with van der Waals surface area (Å²) in [6.07, 6.45) is 6.59. The number of nitrogens with one attached hydrogen (secondary N) is 2. The molecule has 0 heterocycles. The van der Waals surface area contributed by atoms with Crippen LogP contribution in [0.15, 0.2) is 54.6 Å². The molecule has 202 valence electrons. The number of carbonyl (C=O) groups excluding carboxylic acids is 2. The molecule has 2 aromatic carbocycles. The minimum absolute atomic E-state index is 0.0266. The first-order chi connectivity index (χ1) is 17.6. The fourth-order valence-electron chi connectivity index (χ4n) is 3.22. The number of anilines is 1. The summed E-state index contributed by atoms with van der Waals surface area (Å²) < 4.78 is 26.6. The molecule has 4 N–H and O–H groups in total. The van der Waals surface area contributed by atoms with Crippen LogP contribution in [0.1, 0.15) is 50.7 Å². The molecule has 0 aliphatic carbocycles. The van der Waals surface area contributed by atoms with Crippen molar-refractivity contribution in [2.45, 2.75) is 52.7 Å². The quantitative estimate of drug-likeness (QED) is 0.0834. The number of benzene rings is 2. The van der Waals surface area contributed by atoms with Crippen molar-refractivity contribution in [2.24, 2.45) is 5.92 Å². The van der Waals surface area contributed by atoms with Crippen molar-refractivity contribution < 1.29 is 38.2 Å². The zero-order chi connectivity index (χ0) is 27.3. The lowest BCUT2D eigenvalue weighted by Crippen LogP contribution is -2.22. The normalized spacial score (nSPS) is 11.4. The van der Waals surface area contributed by atoms with E-state index in [0.29, 0.717) is 30.2 Å². The molecular weight excluding hydrogens is 499 g/mol. The van der Waals surface area contributed by atoms with E-state index in [2.05, 4.69) is 36.4 Å². The molecule has 0 atom stereocenters. The number of carbonyl (C=O) groups is 2. The summed E-state index contributed by atoms with van der Waals surface area (Å²) in [6.45, 7) is 4.48. The molecule has 2 aromatic rings. The number of methoxy groups -OCH3 is 1. The maximum atomic E-state index is 12.1. The number of rotatable bonds is 14. The van der Waals surface area contributed by atoms with E-state index in [4.69, 9.17) is 24.0 Å².